The van der Waals surface area contributed by atoms with Crippen LogP contribution in [0.1, 0.15) is 10.4 Å². The van der Waals surface area contributed by atoms with Gasteiger partial charge in [-0.15, -0.1) is 0 Å². The minimum Gasteiger partial charge on any atom is -0.455 e. The first-order valence-corrected chi connectivity index (χ1v) is 8.50. The molecule has 3 rings (SSSR count). The monoisotopic (exact) mass is 413 g/mol. The molecule has 0 aliphatic heterocycles. The molecule has 0 radical (unpaired) electrons. The quantitative estimate of drug-likeness (QED) is 0.437. The highest BCUT2D eigenvalue weighted by Crippen LogP contribution is 2.36. The number of para-hydroxylation sites is 3. The van der Waals surface area contributed by atoms with Gasteiger partial charge in [-0.2, -0.15) is 0 Å². The van der Waals surface area contributed by atoms with E-state index in [-0.39, 0.29) is 11.3 Å². The molecule has 0 spiro atoms. The predicted molar refractivity (Wildman–Crippen MR) is 106 cm³/mol. The molecule has 0 bridgehead atoms. The van der Waals surface area contributed by atoms with Gasteiger partial charge < -0.3 is 10.1 Å². The Labute approximate surface area is 168 Å². The molecule has 29 heavy (non-hydrogen) atoms. The second-order valence-corrected chi connectivity index (χ2v) is 6.09. The highest BCUT2D eigenvalue weighted by molar-refractivity contribution is 6.35. The number of carbonyl (C=O) groups is 1. The Morgan fingerprint density at radius 3 is 2.03 bits per heavy atom. The zero-order valence-corrected chi connectivity index (χ0v) is 15.3. The molecule has 0 fully saturated rings. The van der Waals surface area contributed by atoms with Crippen LogP contribution in [0.15, 0.2) is 66.7 Å². The summed E-state index contributed by atoms with van der Waals surface area (Å²) in [5.74, 6) is 0.0639. The van der Waals surface area contributed by atoms with Gasteiger partial charge in [0.1, 0.15) is 5.75 Å². The fourth-order valence-corrected chi connectivity index (χ4v) is 2.71. The number of nitrogens with one attached hydrogen (secondary N) is 1. The lowest BCUT2D eigenvalue weighted by Gasteiger charge is -2.12. The summed E-state index contributed by atoms with van der Waals surface area (Å²) in [6, 6.07) is 17.1. The van der Waals surface area contributed by atoms with Crippen molar-refractivity contribution in [3.8, 4) is 11.5 Å². The summed E-state index contributed by atoms with van der Waals surface area (Å²) in [5.41, 5.74) is -1.48. The van der Waals surface area contributed by atoms with Crippen molar-refractivity contribution >= 4 is 34.6 Å². The normalized spacial score (nSPS) is 10.2. The molecular weight excluding hydrogens is 402 g/mol. The Kier molecular flexibility index (Phi) is 5.70. The Hall–Kier alpha value is -3.98. The molecule has 0 saturated heterocycles. The molecule has 0 saturated carbocycles. The van der Waals surface area contributed by atoms with Gasteiger partial charge in [-0.1, -0.05) is 41.9 Å². The number of ether oxygens (including phenoxy) is 1. The Morgan fingerprint density at radius 2 is 1.45 bits per heavy atom. The van der Waals surface area contributed by atoms with E-state index in [1.165, 1.54) is 0 Å². The molecule has 0 heterocycles. The van der Waals surface area contributed by atoms with Gasteiger partial charge in [0.15, 0.2) is 10.8 Å². The molecule has 9 nitrogen and oxygen atoms in total. The number of nitro groups is 2. The van der Waals surface area contributed by atoms with E-state index in [4.69, 9.17) is 16.3 Å². The number of nitro benzene ring substituents is 2. The minimum atomic E-state index is -0.890. The number of amides is 1. The molecule has 3 aromatic rings. The molecule has 3 aromatic carbocycles. The summed E-state index contributed by atoms with van der Waals surface area (Å²) in [6.45, 7) is 0. The van der Waals surface area contributed by atoms with Gasteiger partial charge in [-0.3, -0.25) is 25.0 Å². The molecule has 0 aliphatic rings. The zero-order valence-electron chi connectivity index (χ0n) is 14.6. The molecule has 1 N–H and O–H groups in total. The second-order valence-electron chi connectivity index (χ2n) is 5.71. The minimum absolute atomic E-state index is 0.279. The van der Waals surface area contributed by atoms with Crippen LogP contribution in [0.25, 0.3) is 0 Å². The Morgan fingerprint density at radius 1 is 0.897 bits per heavy atom. The number of halogens is 1. The number of rotatable bonds is 6. The van der Waals surface area contributed by atoms with Gasteiger partial charge in [0.05, 0.1) is 21.1 Å². The van der Waals surface area contributed by atoms with Crippen LogP contribution < -0.4 is 10.1 Å². The molecular formula is C19H12ClN3O6. The summed E-state index contributed by atoms with van der Waals surface area (Å²) >= 11 is 5.72. The van der Waals surface area contributed by atoms with Crippen LogP contribution in [0.4, 0.5) is 17.1 Å². The number of hydrogen-bond acceptors (Lipinski definition) is 6. The lowest BCUT2D eigenvalue weighted by Crippen LogP contribution is -2.13. The fraction of sp³-hybridized carbons (Fsp3) is 0. The van der Waals surface area contributed by atoms with Crippen molar-refractivity contribution in [2.24, 2.45) is 0 Å². The van der Waals surface area contributed by atoms with Crippen LogP contribution in [0.2, 0.25) is 5.02 Å². The molecule has 0 aromatic heterocycles. The predicted octanol–water partition coefficient (Wildman–Crippen LogP) is 5.20. The summed E-state index contributed by atoms with van der Waals surface area (Å²) in [7, 11) is 0. The van der Waals surface area contributed by atoms with Gasteiger partial charge in [0.2, 0.25) is 0 Å². The number of carbonyl (C=O) groups excluding carboxylic acids is 1. The molecule has 0 unspecified atom stereocenters. The smallest absolute Gasteiger partial charge is 0.295 e. The van der Waals surface area contributed by atoms with Crippen molar-refractivity contribution in [1.29, 1.82) is 0 Å². The average molecular weight is 414 g/mol. The first-order valence-electron chi connectivity index (χ1n) is 8.12. The third kappa shape index (κ3) is 4.47. The first-order chi connectivity index (χ1) is 13.9. The average Bonchev–Trinajstić information content (AvgIpc) is 2.70. The van der Waals surface area contributed by atoms with Gasteiger partial charge >= 0.3 is 0 Å². The maximum Gasteiger partial charge on any atom is 0.295 e. The van der Waals surface area contributed by atoms with Crippen molar-refractivity contribution < 1.29 is 19.4 Å². The lowest BCUT2D eigenvalue weighted by molar-refractivity contribution is -0.393. The Balaban J connectivity index is 1.93. The highest BCUT2D eigenvalue weighted by Gasteiger charge is 2.27. The van der Waals surface area contributed by atoms with Crippen molar-refractivity contribution in [3.05, 3.63) is 97.5 Å². The highest BCUT2D eigenvalue weighted by atomic mass is 35.5. The van der Waals surface area contributed by atoms with Crippen LogP contribution in [0.3, 0.4) is 0 Å². The van der Waals surface area contributed by atoms with Crippen molar-refractivity contribution in [3.63, 3.8) is 0 Å². The lowest BCUT2D eigenvalue weighted by atomic mass is 10.1. The van der Waals surface area contributed by atoms with Gasteiger partial charge in [0.25, 0.3) is 17.3 Å². The topological polar surface area (TPSA) is 125 Å². The first kappa shape index (κ1) is 19.8. The largest absolute Gasteiger partial charge is 0.455 e. The van der Waals surface area contributed by atoms with E-state index in [1.54, 1.807) is 48.5 Å². The summed E-state index contributed by atoms with van der Waals surface area (Å²) < 4.78 is 5.74. The summed E-state index contributed by atoms with van der Waals surface area (Å²) in [5, 5.41) is 24.2. The van der Waals surface area contributed by atoms with Crippen molar-refractivity contribution in [2.75, 3.05) is 5.32 Å². The molecule has 10 heteroatoms. The standard InChI is InChI=1S/C19H12ClN3O6/c20-18-15(22(25)26)10-12(11-16(18)23(27)28)19(24)21-14-8-4-5-9-17(14)29-13-6-2-1-3-7-13/h1-11H,(H,21,24). The van der Waals surface area contributed by atoms with E-state index in [0.717, 1.165) is 12.1 Å². The van der Waals surface area contributed by atoms with E-state index < -0.39 is 32.2 Å². The van der Waals surface area contributed by atoms with E-state index in [9.17, 15) is 25.0 Å². The fourth-order valence-electron chi connectivity index (χ4n) is 2.46. The van der Waals surface area contributed by atoms with Crippen LogP contribution in [0, 0.1) is 20.2 Å². The van der Waals surface area contributed by atoms with E-state index >= 15 is 0 Å². The number of hydrogen-bond donors (Lipinski definition) is 1. The van der Waals surface area contributed by atoms with Crippen LogP contribution >= 0.6 is 11.6 Å². The van der Waals surface area contributed by atoms with E-state index in [0.29, 0.717) is 11.5 Å². The van der Waals surface area contributed by atoms with Crippen molar-refractivity contribution in [2.45, 2.75) is 0 Å². The molecule has 146 valence electrons. The maximum absolute atomic E-state index is 12.6. The third-order valence-corrected chi connectivity index (χ3v) is 4.18. The number of anilines is 1. The number of benzene rings is 3. The maximum atomic E-state index is 12.6. The van der Waals surface area contributed by atoms with Crippen molar-refractivity contribution in [1.82, 2.24) is 0 Å². The Bertz CT molecular complexity index is 1070. The molecule has 1 amide bonds. The molecule has 0 atom stereocenters. The van der Waals surface area contributed by atoms with E-state index in [2.05, 4.69) is 5.32 Å². The second kappa shape index (κ2) is 8.36. The zero-order chi connectivity index (χ0) is 21.0. The summed E-state index contributed by atoms with van der Waals surface area (Å²) in [6.07, 6.45) is 0. The third-order valence-electron chi connectivity index (χ3n) is 3.80. The molecule has 0 aliphatic carbocycles. The van der Waals surface area contributed by atoms with E-state index in [1.807, 2.05) is 6.07 Å². The number of nitrogens with zero attached hydrogens (tertiary/aromatic N) is 2. The van der Waals surface area contributed by atoms with Crippen LogP contribution in [-0.4, -0.2) is 15.8 Å². The van der Waals surface area contributed by atoms with Gasteiger partial charge in [-0.05, 0) is 24.3 Å². The summed E-state index contributed by atoms with van der Waals surface area (Å²) in [4.78, 5) is 33.1. The van der Waals surface area contributed by atoms with Gasteiger partial charge in [0, 0.05) is 12.1 Å². The van der Waals surface area contributed by atoms with Gasteiger partial charge in [-0.25, -0.2) is 0 Å². The van der Waals surface area contributed by atoms with Crippen LogP contribution in [-0.2, 0) is 0 Å². The SMILES string of the molecule is O=C(Nc1ccccc1Oc1ccccc1)c1cc([N+](=O)[O-])c(Cl)c([N+](=O)[O-])c1. The van der Waals surface area contributed by atoms with Crippen LogP contribution in [0.5, 0.6) is 11.5 Å².